The molecule has 2 rings (SSSR count). The molecule has 1 aromatic carbocycles. The molecular weight excluding hydrogens is 297 g/mol. The van der Waals surface area contributed by atoms with E-state index in [1.807, 2.05) is 6.07 Å². The molecule has 1 fully saturated rings. The van der Waals surface area contributed by atoms with Crippen LogP contribution in [0.15, 0.2) is 49.1 Å². The predicted molar refractivity (Wildman–Crippen MR) is 85.0 cm³/mol. The van der Waals surface area contributed by atoms with Crippen molar-refractivity contribution in [3.05, 3.63) is 60.5 Å². The van der Waals surface area contributed by atoms with Crippen LogP contribution in [0.5, 0.6) is 0 Å². The summed E-state index contributed by atoms with van der Waals surface area (Å²) in [5.41, 5.74) is 0.761. The van der Waals surface area contributed by atoms with Crippen molar-refractivity contribution in [1.29, 1.82) is 0 Å². The molecule has 2 atom stereocenters. The Morgan fingerprint density at radius 1 is 1.43 bits per heavy atom. The van der Waals surface area contributed by atoms with Gasteiger partial charge in [-0.1, -0.05) is 24.3 Å². The van der Waals surface area contributed by atoms with E-state index in [9.17, 15) is 14.0 Å². The number of hydrogen-bond acceptors (Lipinski definition) is 3. The van der Waals surface area contributed by atoms with Crippen LogP contribution in [0.1, 0.15) is 30.9 Å². The maximum Gasteiger partial charge on any atom is 0.330 e. The highest BCUT2D eigenvalue weighted by Crippen LogP contribution is 2.37. The van der Waals surface area contributed by atoms with E-state index in [0.29, 0.717) is 12.8 Å². The average molecular weight is 317 g/mol. The number of ether oxygens (including phenoxy) is 1. The van der Waals surface area contributed by atoms with E-state index in [0.717, 1.165) is 5.56 Å². The average Bonchev–Trinajstić information content (AvgIpc) is 2.96. The van der Waals surface area contributed by atoms with Crippen LogP contribution in [0.4, 0.5) is 4.39 Å². The third-order valence-corrected chi connectivity index (χ3v) is 3.92. The second-order valence-electron chi connectivity index (χ2n) is 5.39. The van der Waals surface area contributed by atoms with Crippen LogP contribution in [0.2, 0.25) is 0 Å². The largest absolute Gasteiger partial charge is 0.466 e. The lowest BCUT2D eigenvalue weighted by atomic mass is 10.0. The van der Waals surface area contributed by atoms with Gasteiger partial charge in [-0.2, -0.15) is 0 Å². The zero-order valence-corrected chi connectivity index (χ0v) is 13.1. The van der Waals surface area contributed by atoms with Crippen molar-refractivity contribution in [2.45, 2.75) is 31.3 Å². The summed E-state index contributed by atoms with van der Waals surface area (Å²) in [5, 5.41) is 0. The molecule has 0 bridgehead atoms. The number of benzene rings is 1. The van der Waals surface area contributed by atoms with Crippen LogP contribution in [-0.2, 0) is 14.3 Å². The number of hydrogen-bond donors (Lipinski definition) is 0. The number of halogens is 1. The minimum Gasteiger partial charge on any atom is -0.466 e. The minimum atomic E-state index is -0.463. The second-order valence-corrected chi connectivity index (χ2v) is 5.39. The van der Waals surface area contributed by atoms with E-state index in [2.05, 4.69) is 11.3 Å². The van der Waals surface area contributed by atoms with Gasteiger partial charge in [0, 0.05) is 12.5 Å². The number of nitrogens with zero attached hydrogens (tertiary/aromatic N) is 1. The zero-order chi connectivity index (χ0) is 16.8. The lowest BCUT2D eigenvalue weighted by Gasteiger charge is -2.29. The topological polar surface area (TPSA) is 46.6 Å². The maximum atomic E-state index is 13.5. The van der Waals surface area contributed by atoms with Gasteiger partial charge in [-0.15, -0.1) is 6.58 Å². The molecule has 122 valence electrons. The molecule has 1 heterocycles. The third-order valence-electron chi connectivity index (χ3n) is 3.92. The summed E-state index contributed by atoms with van der Waals surface area (Å²) in [6.07, 6.45) is 6.16. The number of methoxy groups -OCH3 is 1. The van der Waals surface area contributed by atoms with E-state index in [4.69, 9.17) is 0 Å². The molecule has 0 aliphatic carbocycles. The first kappa shape index (κ1) is 16.9. The fraction of sp³-hybridized carbons (Fsp3) is 0.333. The van der Waals surface area contributed by atoms with Gasteiger partial charge in [0.15, 0.2) is 0 Å². The van der Waals surface area contributed by atoms with Crippen molar-refractivity contribution in [2.75, 3.05) is 7.11 Å². The normalized spacial score (nSPS) is 20.7. The monoisotopic (exact) mass is 317 g/mol. The lowest BCUT2D eigenvalue weighted by molar-refractivity contribution is -0.135. The Bertz CT molecular complexity index is 626. The van der Waals surface area contributed by atoms with Crippen LogP contribution in [0, 0.1) is 5.82 Å². The highest BCUT2D eigenvalue weighted by molar-refractivity contribution is 5.82. The molecule has 0 saturated carbocycles. The first-order valence-electron chi connectivity index (χ1n) is 7.50. The molecule has 1 aromatic rings. The van der Waals surface area contributed by atoms with Crippen LogP contribution in [-0.4, -0.2) is 29.9 Å². The van der Waals surface area contributed by atoms with Gasteiger partial charge >= 0.3 is 5.97 Å². The van der Waals surface area contributed by atoms with E-state index in [1.165, 1.54) is 25.3 Å². The summed E-state index contributed by atoms with van der Waals surface area (Å²) < 4.78 is 18.1. The molecule has 23 heavy (non-hydrogen) atoms. The Morgan fingerprint density at radius 2 is 2.22 bits per heavy atom. The van der Waals surface area contributed by atoms with Gasteiger partial charge in [0.1, 0.15) is 5.82 Å². The summed E-state index contributed by atoms with van der Waals surface area (Å²) in [7, 11) is 1.30. The number of esters is 1. The summed E-state index contributed by atoms with van der Waals surface area (Å²) in [6, 6.07) is 5.86. The molecular formula is C18H20FNO3. The maximum absolute atomic E-state index is 13.5. The minimum absolute atomic E-state index is 0.0914. The fourth-order valence-electron chi connectivity index (χ4n) is 2.91. The molecule has 5 heteroatoms. The van der Waals surface area contributed by atoms with E-state index < -0.39 is 5.97 Å². The Balaban J connectivity index is 2.28. The highest BCUT2D eigenvalue weighted by Gasteiger charge is 2.36. The van der Waals surface area contributed by atoms with Crippen molar-refractivity contribution in [1.82, 2.24) is 4.90 Å². The summed E-state index contributed by atoms with van der Waals surface area (Å²) >= 11 is 0. The summed E-state index contributed by atoms with van der Waals surface area (Å²) in [6.45, 7) is 3.60. The van der Waals surface area contributed by atoms with Crippen LogP contribution >= 0.6 is 0 Å². The number of carbonyl (C=O) groups excluding carboxylic acids is 2. The van der Waals surface area contributed by atoms with Gasteiger partial charge in [-0.3, -0.25) is 4.79 Å². The highest BCUT2D eigenvalue weighted by atomic mass is 19.1. The molecule has 1 aliphatic rings. The summed E-state index contributed by atoms with van der Waals surface area (Å²) in [5.74, 6) is -0.881. The van der Waals surface area contributed by atoms with Gasteiger partial charge < -0.3 is 9.64 Å². The molecule has 0 spiro atoms. The first-order chi connectivity index (χ1) is 11.1. The standard InChI is InChI=1S/C18H20FNO3/c1-3-5-17(21)20-15(9-11-18(22)23-2)8-10-16(20)13-6-4-7-14(19)12-13/h3-4,6-7,9,11-12,15-16H,1,5,8,10H2,2H3/t15-,16+/m1/s1. The summed E-state index contributed by atoms with van der Waals surface area (Å²) in [4.78, 5) is 25.4. The molecule has 0 N–H and O–H groups in total. The molecule has 1 amide bonds. The third kappa shape index (κ3) is 4.06. The van der Waals surface area contributed by atoms with E-state index >= 15 is 0 Å². The van der Waals surface area contributed by atoms with Gasteiger partial charge in [0.05, 0.1) is 19.2 Å². The second kappa shape index (κ2) is 7.72. The number of likely N-dealkylation sites (tertiary alicyclic amines) is 1. The quantitative estimate of drug-likeness (QED) is 0.476. The molecule has 1 aliphatic heterocycles. The number of amides is 1. The SMILES string of the molecule is C=CCC(=O)N1[C@@H](C=CC(=O)OC)CC[C@H]1c1cccc(F)c1. The predicted octanol–water partition coefficient (Wildman–Crippen LogP) is 3.16. The van der Waals surface area contributed by atoms with Crippen LogP contribution in [0.3, 0.4) is 0 Å². The molecule has 0 unspecified atom stereocenters. The zero-order valence-electron chi connectivity index (χ0n) is 13.1. The Hall–Kier alpha value is -2.43. The van der Waals surface area contributed by atoms with Gasteiger partial charge in [-0.05, 0) is 30.5 Å². The van der Waals surface area contributed by atoms with Crippen molar-refractivity contribution in [3.63, 3.8) is 0 Å². The van der Waals surface area contributed by atoms with Crippen molar-refractivity contribution >= 4 is 11.9 Å². The van der Waals surface area contributed by atoms with Crippen LogP contribution in [0.25, 0.3) is 0 Å². The number of carbonyl (C=O) groups is 2. The van der Waals surface area contributed by atoms with Gasteiger partial charge in [0.2, 0.25) is 5.91 Å². The molecule has 4 nitrogen and oxygen atoms in total. The fourth-order valence-corrected chi connectivity index (χ4v) is 2.91. The van der Waals surface area contributed by atoms with E-state index in [-0.39, 0.29) is 30.2 Å². The Kier molecular flexibility index (Phi) is 5.68. The van der Waals surface area contributed by atoms with Gasteiger partial charge in [0.25, 0.3) is 0 Å². The Morgan fingerprint density at radius 3 is 2.87 bits per heavy atom. The smallest absolute Gasteiger partial charge is 0.330 e. The molecule has 1 saturated heterocycles. The van der Waals surface area contributed by atoms with Crippen molar-refractivity contribution in [3.8, 4) is 0 Å². The lowest BCUT2D eigenvalue weighted by Crippen LogP contribution is -2.36. The molecule has 0 radical (unpaired) electrons. The van der Waals surface area contributed by atoms with Crippen LogP contribution < -0.4 is 0 Å². The van der Waals surface area contributed by atoms with E-state index in [1.54, 1.807) is 23.1 Å². The van der Waals surface area contributed by atoms with Gasteiger partial charge in [-0.25, -0.2) is 9.18 Å². The van der Waals surface area contributed by atoms with Crippen molar-refractivity contribution in [2.24, 2.45) is 0 Å². The number of rotatable bonds is 5. The first-order valence-corrected chi connectivity index (χ1v) is 7.50. The Labute approximate surface area is 135 Å². The molecule has 0 aromatic heterocycles. The van der Waals surface area contributed by atoms with Crippen molar-refractivity contribution < 1.29 is 18.7 Å².